The molecule has 0 aliphatic rings. The molecule has 0 atom stereocenters. The van der Waals surface area contributed by atoms with Crippen molar-refractivity contribution >= 4 is 11.8 Å². The number of carbonyl (C=O) groups is 2. The van der Waals surface area contributed by atoms with Gasteiger partial charge in [0.2, 0.25) is 0 Å². The van der Waals surface area contributed by atoms with Crippen LogP contribution in [0.2, 0.25) is 0 Å². The zero-order chi connectivity index (χ0) is 15.1. The first-order valence-corrected chi connectivity index (χ1v) is 6.54. The zero-order valence-electron chi connectivity index (χ0n) is 11.6. The molecular weight excluding hydrogens is 272 g/mol. The van der Waals surface area contributed by atoms with Crippen LogP contribution in [0.4, 0.5) is 0 Å². The highest BCUT2D eigenvalue weighted by Gasteiger charge is 2.10. The molecule has 0 radical (unpaired) electrons. The Morgan fingerprint density at radius 2 is 1.95 bits per heavy atom. The molecule has 2 N–H and O–H groups in total. The van der Waals surface area contributed by atoms with Crippen LogP contribution in [-0.2, 0) is 11.2 Å². The molecule has 2 rings (SSSR count). The second-order valence-corrected chi connectivity index (χ2v) is 4.23. The Kier molecular flexibility index (Phi) is 4.98. The summed E-state index contributed by atoms with van der Waals surface area (Å²) >= 11 is 0. The van der Waals surface area contributed by atoms with Gasteiger partial charge in [0, 0.05) is 0 Å². The van der Waals surface area contributed by atoms with E-state index in [-0.39, 0.29) is 12.4 Å². The number of carbonyl (C=O) groups excluding carboxylic acids is 2. The summed E-state index contributed by atoms with van der Waals surface area (Å²) in [7, 11) is 0. The van der Waals surface area contributed by atoms with E-state index in [1.54, 1.807) is 12.1 Å². The summed E-state index contributed by atoms with van der Waals surface area (Å²) < 4.78 is 10.3. The maximum Gasteiger partial charge on any atom is 0.305 e. The molecular formula is C15H16N2O4. The summed E-state index contributed by atoms with van der Waals surface area (Å²) in [6.07, 6.45) is 2.19. The Morgan fingerprint density at radius 1 is 1.14 bits per heavy atom. The van der Waals surface area contributed by atoms with E-state index in [0.29, 0.717) is 5.75 Å². The second-order valence-electron chi connectivity index (χ2n) is 4.23. The van der Waals surface area contributed by atoms with Gasteiger partial charge in [-0.05, 0) is 30.2 Å². The lowest BCUT2D eigenvalue weighted by molar-refractivity contribution is -0.123. The lowest BCUT2D eigenvalue weighted by Crippen LogP contribution is -2.43. The Hall–Kier alpha value is -2.76. The first-order chi connectivity index (χ1) is 10.2. The Balaban J connectivity index is 1.78. The van der Waals surface area contributed by atoms with E-state index in [0.717, 1.165) is 12.0 Å². The number of hydrogen-bond acceptors (Lipinski definition) is 4. The number of aryl methyl sites for hydroxylation is 1. The number of benzene rings is 1. The van der Waals surface area contributed by atoms with Gasteiger partial charge in [-0.3, -0.25) is 20.4 Å². The van der Waals surface area contributed by atoms with Crippen LogP contribution in [0.3, 0.4) is 0 Å². The van der Waals surface area contributed by atoms with Gasteiger partial charge in [-0.1, -0.05) is 25.1 Å². The van der Waals surface area contributed by atoms with Crippen LogP contribution in [0.15, 0.2) is 47.1 Å². The number of rotatable bonds is 5. The average Bonchev–Trinajstić information content (AvgIpc) is 3.05. The van der Waals surface area contributed by atoms with Gasteiger partial charge >= 0.3 is 5.91 Å². The van der Waals surface area contributed by atoms with Crippen molar-refractivity contribution in [2.75, 3.05) is 6.61 Å². The van der Waals surface area contributed by atoms with Crippen LogP contribution >= 0.6 is 0 Å². The summed E-state index contributed by atoms with van der Waals surface area (Å²) in [4.78, 5) is 23.1. The smallest absolute Gasteiger partial charge is 0.305 e. The van der Waals surface area contributed by atoms with Gasteiger partial charge in [-0.2, -0.15) is 0 Å². The first kappa shape index (κ1) is 14.6. The molecule has 0 aliphatic carbocycles. The quantitative estimate of drug-likeness (QED) is 0.820. The highest BCUT2D eigenvalue weighted by Crippen LogP contribution is 2.17. The van der Waals surface area contributed by atoms with E-state index in [1.165, 1.54) is 12.3 Å². The first-order valence-electron chi connectivity index (χ1n) is 6.54. The molecule has 21 heavy (non-hydrogen) atoms. The van der Waals surface area contributed by atoms with E-state index in [4.69, 9.17) is 9.15 Å². The third kappa shape index (κ3) is 4.10. The SMILES string of the molecule is CCc1ccccc1OCC(=O)NNC(=O)c1ccco1. The van der Waals surface area contributed by atoms with Gasteiger partial charge in [-0.25, -0.2) is 0 Å². The Morgan fingerprint density at radius 3 is 2.67 bits per heavy atom. The van der Waals surface area contributed by atoms with Gasteiger partial charge in [0.15, 0.2) is 12.4 Å². The minimum Gasteiger partial charge on any atom is -0.483 e. The number of hydrazine groups is 1. The molecule has 0 spiro atoms. The minimum atomic E-state index is -0.526. The predicted molar refractivity (Wildman–Crippen MR) is 75.6 cm³/mol. The maximum absolute atomic E-state index is 11.6. The van der Waals surface area contributed by atoms with Gasteiger partial charge in [0.1, 0.15) is 5.75 Å². The van der Waals surface area contributed by atoms with Crippen molar-refractivity contribution in [1.29, 1.82) is 0 Å². The molecule has 6 heteroatoms. The maximum atomic E-state index is 11.6. The van der Waals surface area contributed by atoms with Gasteiger partial charge in [-0.15, -0.1) is 0 Å². The molecule has 0 unspecified atom stereocenters. The topological polar surface area (TPSA) is 80.6 Å². The fraction of sp³-hybridized carbons (Fsp3) is 0.200. The number of nitrogens with one attached hydrogen (secondary N) is 2. The Bertz CT molecular complexity index is 608. The molecule has 0 bridgehead atoms. The van der Waals surface area contributed by atoms with Crippen LogP contribution in [0.1, 0.15) is 23.0 Å². The monoisotopic (exact) mass is 288 g/mol. The highest BCUT2D eigenvalue weighted by atomic mass is 16.5. The summed E-state index contributed by atoms with van der Waals surface area (Å²) in [5, 5.41) is 0. The second kappa shape index (κ2) is 7.14. The van der Waals surface area contributed by atoms with Gasteiger partial charge < -0.3 is 9.15 Å². The zero-order valence-corrected chi connectivity index (χ0v) is 11.6. The van der Waals surface area contributed by atoms with Crippen LogP contribution in [0, 0.1) is 0 Å². The number of para-hydroxylation sites is 1. The molecule has 0 saturated carbocycles. The summed E-state index contributed by atoms with van der Waals surface area (Å²) in [5.41, 5.74) is 5.51. The predicted octanol–water partition coefficient (Wildman–Crippen LogP) is 1.68. The average molecular weight is 288 g/mol. The minimum absolute atomic E-state index is 0.118. The van der Waals surface area contributed by atoms with Crippen molar-refractivity contribution in [2.45, 2.75) is 13.3 Å². The van der Waals surface area contributed by atoms with Crippen molar-refractivity contribution in [3.63, 3.8) is 0 Å². The normalized spacial score (nSPS) is 9.95. The number of hydrogen-bond donors (Lipinski definition) is 2. The van der Waals surface area contributed by atoms with E-state index < -0.39 is 11.8 Å². The third-order valence-corrected chi connectivity index (χ3v) is 2.77. The Labute approximate surface area is 122 Å². The van der Waals surface area contributed by atoms with Crippen molar-refractivity contribution in [3.05, 3.63) is 54.0 Å². The van der Waals surface area contributed by atoms with Crippen LogP contribution in [0.25, 0.3) is 0 Å². The van der Waals surface area contributed by atoms with Gasteiger partial charge in [0.05, 0.1) is 6.26 Å². The standard InChI is InChI=1S/C15H16N2O4/c1-2-11-6-3-4-7-12(11)21-10-14(18)16-17-15(19)13-8-5-9-20-13/h3-9H,2,10H2,1H3,(H,16,18)(H,17,19). The summed E-state index contributed by atoms with van der Waals surface area (Å²) in [6, 6.07) is 10.6. The number of ether oxygens (including phenoxy) is 1. The molecule has 2 aromatic rings. The van der Waals surface area contributed by atoms with Crippen LogP contribution < -0.4 is 15.6 Å². The molecule has 2 amide bonds. The third-order valence-electron chi connectivity index (χ3n) is 2.77. The largest absolute Gasteiger partial charge is 0.483 e. The summed E-state index contributed by atoms with van der Waals surface area (Å²) in [6.45, 7) is 1.82. The number of amides is 2. The van der Waals surface area contributed by atoms with E-state index in [2.05, 4.69) is 10.9 Å². The van der Waals surface area contributed by atoms with Crippen molar-refractivity contribution < 1.29 is 18.7 Å². The lowest BCUT2D eigenvalue weighted by atomic mass is 10.1. The molecule has 6 nitrogen and oxygen atoms in total. The van der Waals surface area contributed by atoms with Gasteiger partial charge in [0.25, 0.3) is 5.91 Å². The lowest BCUT2D eigenvalue weighted by Gasteiger charge is -2.10. The van der Waals surface area contributed by atoms with E-state index in [9.17, 15) is 9.59 Å². The van der Waals surface area contributed by atoms with Crippen molar-refractivity contribution in [3.8, 4) is 5.75 Å². The number of furan rings is 1. The molecule has 0 saturated heterocycles. The molecule has 110 valence electrons. The van der Waals surface area contributed by atoms with Crippen LogP contribution in [-0.4, -0.2) is 18.4 Å². The molecule has 0 aliphatic heterocycles. The fourth-order valence-electron chi connectivity index (χ4n) is 1.71. The van der Waals surface area contributed by atoms with E-state index in [1.807, 2.05) is 25.1 Å². The van der Waals surface area contributed by atoms with Crippen LogP contribution in [0.5, 0.6) is 5.75 Å². The van der Waals surface area contributed by atoms with E-state index >= 15 is 0 Å². The molecule has 1 aromatic carbocycles. The highest BCUT2D eigenvalue weighted by molar-refractivity contribution is 5.92. The fourth-order valence-corrected chi connectivity index (χ4v) is 1.71. The molecule has 1 aromatic heterocycles. The summed E-state index contributed by atoms with van der Waals surface area (Å²) in [5.74, 6) is -0.205. The molecule has 1 heterocycles. The van der Waals surface area contributed by atoms with Crippen molar-refractivity contribution in [2.24, 2.45) is 0 Å². The molecule has 0 fully saturated rings. The van der Waals surface area contributed by atoms with Crippen molar-refractivity contribution in [1.82, 2.24) is 10.9 Å².